The van der Waals surface area contributed by atoms with Crippen LogP contribution in [0.1, 0.15) is 30.0 Å². The van der Waals surface area contributed by atoms with E-state index in [1.165, 1.54) is 12.1 Å². The van der Waals surface area contributed by atoms with E-state index < -0.39 is 10.8 Å². The fourth-order valence-corrected chi connectivity index (χ4v) is 4.42. The maximum atomic E-state index is 14.1. The minimum Gasteiger partial charge on any atom is -0.323 e. The molecule has 4 nitrogen and oxygen atoms in total. The van der Waals surface area contributed by atoms with Gasteiger partial charge in [0.2, 0.25) is 5.91 Å². The Hall–Kier alpha value is -3.09. The molecule has 1 N–H and O–H groups in total. The van der Waals surface area contributed by atoms with Crippen LogP contribution < -0.4 is 5.32 Å². The van der Waals surface area contributed by atoms with E-state index in [1.54, 1.807) is 30.7 Å². The summed E-state index contributed by atoms with van der Waals surface area (Å²) in [5, 5.41) is 2.98. The molecule has 1 unspecified atom stereocenters. The first-order valence-electron chi connectivity index (χ1n) is 9.89. The summed E-state index contributed by atoms with van der Waals surface area (Å²) < 4.78 is 25.7. The van der Waals surface area contributed by atoms with Gasteiger partial charge in [-0.25, -0.2) is 9.37 Å². The van der Waals surface area contributed by atoms with Crippen molar-refractivity contribution in [3.05, 3.63) is 94.0 Å². The Kier molecular flexibility index (Phi) is 6.35. The first-order chi connectivity index (χ1) is 15.3. The van der Waals surface area contributed by atoms with Crippen LogP contribution in [0.4, 0.5) is 10.1 Å². The molecule has 1 atom stereocenters. The van der Waals surface area contributed by atoms with Crippen LogP contribution in [-0.2, 0) is 15.6 Å². The van der Waals surface area contributed by atoms with Crippen molar-refractivity contribution in [2.24, 2.45) is 0 Å². The highest BCUT2D eigenvalue weighted by Crippen LogP contribution is 2.44. The third kappa shape index (κ3) is 4.56. The van der Waals surface area contributed by atoms with Crippen molar-refractivity contribution < 1.29 is 13.4 Å². The molecule has 1 aliphatic rings. The van der Waals surface area contributed by atoms with Crippen LogP contribution in [0.3, 0.4) is 0 Å². The van der Waals surface area contributed by atoms with Crippen LogP contribution in [0, 0.1) is 5.82 Å². The third-order valence-corrected chi connectivity index (χ3v) is 6.58. The molecule has 1 aromatic heterocycles. The molecule has 1 aliphatic carbocycles. The molecule has 7 heteroatoms. The lowest BCUT2D eigenvalue weighted by molar-refractivity contribution is -0.115. The van der Waals surface area contributed by atoms with Crippen molar-refractivity contribution in [1.29, 1.82) is 0 Å². The Labute approximate surface area is 193 Å². The second-order valence-corrected chi connectivity index (χ2v) is 9.18. The summed E-state index contributed by atoms with van der Waals surface area (Å²) in [4.78, 5) is 17.5. The van der Waals surface area contributed by atoms with Crippen molar-refractivity contribution in [2.75, 3.05) is 11.6 Å². The van der Waals surface area contributed by atoms with Crippen LogP contribution in [-0.4, -0.2) is 21.4 Å². The summed E-state index contributed by atoms with van der Waals surface area (Å²) in [6.45, 7) is 1.93. The van der Waals surface area contributed by atoms with Gasteiger partial charge in [-0.3, -0.25) is 9.00 Å². The van der Waals surface area contributed by atoms with E-state index in [0.29, 0.717) is 11.3 Å². The molecule has 1 amide bonds. The number of hydrogen-bond donors (Lipinski definition) is 1. The number of nitrogens with one attached hydrogen (secondary N) is 1. The number of fused-ring (bicyclic) bond motifs is 1. The molecule has 0 spiro atoms. The highest BCUT2D eigenvalue weighted by molar-refractivity contribution is 7.84. The topological polar surface area (TPSA) is 59.1 Å². The van der Waals surface area contributed by atoms with Gasteiger partial charge >= 0.3 is 0 Å². The summed E-state index contributed by atoms with van der Waals surface area (Å²) in [6.07, 6.45) is 5.25. The fourth-order valence-electron chi connectivity index (χ4n) is 3.74. The van der Waals surface area contributed by atoms with Crippen molar-refractivity contribution in [2.45, 2.75) is 18.2 Å². The molecule has 0 bridgehead atoms. The summed E-state index contributed by atoms with van der Waals surface area (Å²) in [6, 6.07) is 15.4. The third-order valence-electron chi connectivity index (χ3n) is 5.35. The quantitative estimate of drug-likeness (QED) is 0.471. The number of allylic oxidation sites excluding steroid dienone is 2. The summed E-state index contributed by atoms with van der Waals surface area (Å²) >= 11 is 6.04. The van der Waals surface area contributed by atoms with Crippen LogP contribution in [0.2, 0.25) is 5.15 Å². The van der Waals surface area contributed by atoms with Gasteiger partial charge in [0.05, 0.1) is 12.1 Å². The molecular weight excluding hydrogens is 447 g/mol. The molecule has 3 aromatic rings. The highest BCUT2D eigenvalue weighted by Gasteiger charge is 2.26. The normalized spacial score (nSPS) is 15.1. The van der Waals surface area contributed by atoms with Crippen molar-refractivity contribution in [3.63, 3.8) is 0 Å². The van der Waals surface area contributed by atoms with Gasteiger partial charge in [0.25, 0.3) is 0 Å². The number of hydrogen-bond acceptors (Lipinski definition) is 3. The zero-order valence-electron chi connectivity index (χ0n) is 17.5. The number of carbonyl (C=O) groups excluding carboxylic acids is 1. The maximum absolute atomic E-state index is 14.1. The zero-order valence-corrected chi connectivity index (χ0v) is 19.1. The van der Waals surface area contributed by atoms with Crippen molar-refractivity contribution >= 4 is 51.2 Å². The Bertz CT molecular complexity index is 1300. The smallest absolute Gasteiger partial charge is 0.228 e. The molecule has 162 valence electrons. The molecule has 0 saturated heterocycles. The van der Waals surface area contributed by atoms with Gasteiger partial charge in [-0.2, -0.15) is 0 Å². The molecular formula is C25H20ClFN2O2S. The minimum absolute atomic E-state index is 0.0681. The molecule has 32 heavy (non-hydrogen) atoms. The van der Waals surface area contributed by atoms with E-state index in [0.717, 1.165) is 32.7 Å². The van der Waals surface area contributed by atoms with Gasteiger partial charge in [-0.05, 0) is 82.8 Å². The Morgan fingerprint density at radius 3 is 2.59 bits per heavy atom. The number of pyridine rings is 1. The molecule has 0 saturated carbocycles. The monoisotopic (exact) mass is 466 g/mol. The molecule has 2 aromatic carbocycles. The first-order valence-corrected chi connectivity index (χ1v) is 11.8. The van der Waals surface area contributed by atoms with Gasteiger partial charge in [-0.1, -0.05) is 29.8 Å². The van der Waals surface area contributed by atoms with Crippen LogP contribution in [0.25, 0.3) is 17.2 Å². The van der Waals surface area contributed by atoms with E-state index in [1.807, 2.05) is 37.3 Å². The number of benzene rings is 2. The lowest BCUT2D eigenvalue weighted by Gasteiger charge is -2.09. The number of carbonyl (C=O) groups is 1. The molecule has 0 aliphatic heterocycles. The lowest BCUT2D eigenvalue weighted by Crippen LogP contribution is -2.12. The van der Waals surface area contributed by atoms with E-state index >= 15 is 0 Å². The lowest BCUT2D eigenvalue weighted by atomic mass is 10.0. The standard InChI is InChI=1S/C25H20ClFN2O2S/c1-15-20(12-16-5-8-18(9-6-16)32(2)31)19-10-7-17(27)13-22(19)21(15)14-24(30)29-23-4-3-11-28-25(23)26/h3-13H,14H2,1-2H3,(H,29,30)/b20-12+. The number of amides is 1. The van der Waals surface area contributed by atoms with E-state index in [2.05, 4.69) is 10.3 Å². The number of anilines is 1. The SMILES string of the molecule is CC1=C(CC(=O)Nc2cccnc2Cl)c2cc(F)ccc2/C1=C/c1ccc(S(C)=O)cc1. The molecule has 0 fully saturated rings. The molecule has 1 heterocycles. The van der Waals surface area contributed by atoms with E-state index in [9.17, 15) is 13.4 Å². The van der Waals surface area contributed by atoms with Crippen LogP contribution in [0.5, 0.6) is 0 Å². The minimum atomic E-state index is -1.05. The van der Waals surface area contributed by atoms with Gasteiger partial charge < -0.3 is 5.32 Å². The Morgan fingerprint density at radius 1 is 1.16 bits per heavy atom. The number of aromatic nitrogens is 1. The predicted molar refractivity (Wildman–Crippen MR) is 128 cm³/mol. The second kappa shape index (κ2) is 9.18. The van der Waals surface area contributed by atoms with Crippen LogP contribution >= 0.6 is 11.6 Å². The van der Waals surface area contributed by atoms with Gasteiger partial charge in [-0.15, -0.1) is 0 Å². The predicted octanol–water partition coefficient (Wildman–Crippen LogP) is 5.97. The average molecular weight is 467 g/mol. The van der Waals surface area contributed by atoms with Gasteiger partial charge in [0, 0.05) is 28.1 Å². The van der Waals surface area contributed by atoms with Crippen LogP contribution in [0.15, 0.2) is 71.3 Å². The van der Waals surface area contributed by atoms with Gasteiger partial charge in [0.15, 0.2) is 5.15 Å². The summed E-state index contributed by atoms with van der Waals surface area (Å²) in [5.41, 5.74) is 5.51. The van der Waals surface area contributed by atoms with Crippen molar-refractivity contribution in [1.82, 2.24) is 4.98 Å². The maximum Gasteiger partial charge on any atom is 0.228 e. The number of halogens is 2. The largest absolute Gasteiger partial charge is 0.323 e. The Morgan fingerprint density at radius 2 is 1.91 bits per heavy atom. The van der Waals surface area contributed by atoms with E-state index in [-0.39, 0.29) is 23.3 Å². The first kappa shape index (κ1) is 22.1. The zero-order chi connectivity index (χ0) is 22.8. The summed E-state index contributed by atoms with van der Waals surface area (Å²) in [7, 11) is -1.05. The number of rotatable bonds is 5. The molecule has 0 radical (unpaired) electrons. The second-order valence-electron chi connectivity index (χ2n) is 7.44. The highest BCUT2D eigenvalue weighted by atomic mass is 35.5. The number of nitrogens with zero attached hydrogens (tertiary/aromatic N) is 1. The van der Waals surface area contributed by atoms with Gasteiger partial charge in [0.1, 0.15) is 5.82 Å². The summed E-state index contributed by atoms with van der Waals surface area (Å²) in [5.74, 6) is -0.624. The fraction of sp³-hybridized carbons (Fsp3) is 0.120. The van der Waals surface area contributed by atoms with Crippen molar-refractivity contribution in [3.8, 4) is 0 Å². The molecule has 4 rings (SSSR count). The Balaban J connectivity index is 1.69. The van der Waals surface area contributed by atoms with E-state index in [4.69, 9.17) is 11.6 Å². The average Bonchev–Trinajstić information content (AvgIpc) is 3.01.